The van der Waals surface area contributed by atoms with E-state index in [0.717, 1.165) is 11.1 Å². The lowest BCUT2D eigenvalue weighted by Crippen LogP contribution is -2.31. The molecule has 0 spiro atoms. The Labute approximate surface area is 123 Å². The van der Waals surface area contributed by atoms with E-state index in [2.05, 4.69) is 0 Å². The normalized spacial score (nSPS) is 13.8. The number of benzene rings is 2. The quantitative estimate of drug-likeness (QED) is 0.899. The predicted octanol–water partition coefficient (Wildman–Crippen LogP) is 4.13. The van der Waals surface area contributed by atoms with Gasteiger partial charge in [-0.05, 0) is 42.7 Å². The Morgan fingerprint density at radius 3 is 2.29 bits per heavy atom. The standard InChI is InChI=1S/C17H19F2NO/c1-3-15(20)17(12-5-8-13(18)9-6-12)21-16-10-14(19)7-4-11(16)2/h4-10,15,17H,3,20H2,1-2H3. The Balaban J connectivity index is 2.32. The van der Waals surface area contributed by atoms with Crippen molar-refractivity contribution in [3.63, 3.8) is 0 Å². The maximum Gasteiger partial charge on any atom is 0.139 e. The summed E-state index contributed by atoms with van der Waals surface area (Å²) in [6.07, 6.45) is 0.243. The van der Waals surface area contributed by atoms with Crippen LogP contribution in [-0.2, 0) is 0 Å². The number of nitrogens with two attached hydrogens (primary N) is 1. The molecule has 0 aliphatic rings. The molecule has 2 nitrogen and oxygen atoms in total. The van der Waals surface area contributed by atoms with Crippen LogP contribution in [0.15, 0.2) is 42.5 Å². The molecular formula is C17H19F2NO. The monoisotopic (exact) mass is 291 g/mol. The maximum absolute atomic E-state index is 13.4. The molecular weight excluding hydrogens is 272 g/mol. The van der Waals surface area contributed by atoms with Gasteiger partial charge in [0.1, 0.15) is 23.5 Å². The molecule has 0 aliphatic heterocycles. The Bertz CT molecular complexity index is 598. The summed E-state index contributed by atoms with van der Waals surface area (Å²) in [4.78, 5) is 0. The van der Waals surface area contributed by atoms with E-state index in [9.17, 15) is 8.78 Å². The molecule has 0 fully saturated rings. The van der Waals surface area contributed by atoms with Gasteiger partial charge in [0, 0.05) is 12.1 Å². The fourth-order valence-corrected chi connectivity index (χ4v) is 2.11. The van der Waals surface area contributed by atoms with Crippen LogP contribution in [0.1, 0.15) is 30.6 Å². The molecule has 0 bridgehead atoms. The first kappa shape index (κ1) is 15.4. The summed E-state index contributed by atoms with van der Waals surface area (Å²) in [5.41, 5.74) is 7.71. The summed E-state index contributed by atoms with van der Waals surface area (Å²) in [5, 5.41) is 0. The minimum absolute atomic E-state index is 0.266. The molecule has 0 radical (unpaired) electrons. The lowest BCUT2D eigenvalue weighted by Gasteiger charge is -2.25. The van der Waals surface area contributed by atoms with Gasteiger partial charge < -0.3 is 10.5 Å². The van der Waals surface area contributed by atoms with Crippen molar-refractivity contribution in [3.8, 4) is 5.75 Å². The second-order valence-electron chi connectivity index (χ2n) is 5.07. The Morgan fingerprint density at radius 2 is 1.67 bits per heavy atom. The third-order valence-corrected chi connectivity index (χ3v) is 3.46. The zero-order chi connectivity index (χ0) is 15.4. The van der Waals surface area contributed by atoms with Crippen molar-refractivity contribution in [2.24, 2.45) is 5.73 Å². The first-order valence-corrected chi connectivity index (χ1v) is 6.95. The number of aryl methyl sites for hydroxylation is 1. The van der Waals surface area contributed by atoms with Gasteiger partial charge in [0.25, 0.3) is 0 Å². The van der Waals surface area contributed by atoms with Crippen molar-refractivity contribution in [1.29, 1.82) is 0 Å². The van der Waals surface area contributed by atoms with E-state index in [-0.39, 0.29) is 17.7 Å². The number of halogens is 2. The third-order valence-electron chi connectivity index (χ3n) is 3.46. The smallest absolute Gasteiger partial charge is 0.139 e. The average molecular weight is 291 g/mol. The van der Waals surface area contributed by atoms with E-state index < -0.39 is 6.10 Å². The van der Waals surface area contributed by atoms with Crippen LogP contribution in [0.4, 0.5) is 8.78 Å². The molecule has 0 saturated heterocycles. The number of ether oxygens (including phenoxy) is 1. The van der Waals surface area contributed by atoms with Crippen LogP contribution < -0.4 is 10.5 Å². The molecule has 2 atom stereocenters. The van der Waals surface area contributed by atoms with Gasteiger partial charge in [-0.15, -0.1) is 0 Å². The highest BCUT2D eigenvalue weighted by atomic mass is 19.1. The molecule has 0 amide bonds. The second-order valence-corrected chi connectivity index (χ2v) is 5.07. The molecule has 0 heterocycles. The molecule has 0 saturated carbocycles. The molecule has 21 heavy (non-hydrogen) atoms. The highest BCUT2D eigenvalue weighted by Crippen LogP contribution is 2.28. The van der Waals surface area contributed by atoms with Crippen LogP contribution in [0, 0.1) is 18.6 Å². The van der Waals surface area contributed by atoms with Crippen LogP contribution in [0.3, 0.4) is 0 Å². The first-order valence-electron chi connectivity index (χ1n) is 6.95. The SMILES string of the molecule is CCC(N)C(Oc1cc(F)ccc1C)c1ccc(F)cc1. The summed E-state index contributed by atoms with van der Waals surface area (Å²) in [6, 6.07) is 10.1. The minimum Gasteiger partial charge on any atom is -0.484 e. The molecule has 2 aromatic rings. The highest BCUT2D eigenvalue weighted by Gasteiger charge is 2.21. The Kier molecular flexibility index (Phi) is 4.91. The number of hydrogen-bond donors (Lipinski definition) is 1. The van der Waals surface area contributed by atoms with Gasteiger partial charge in [-0.1, -0.05) is 25.1 Å². The molecule has 2 rings (SSSR count). The van der Waals surface area contributed by atoms with Gasteiger partial charge in [-0.2, -0.15) is 0 Å². The average Bonchev–Trinajstić information content (AvgIpc) is 2.48. The van der Waals surface area contributed by atoms with Crippen molar-refractivity contribution in [1.82, 2.24) is 0 Å². The van der Waals surface area contributed by atoms with Crippen LogP contribution in [0.5, 0.6) is 5.75 Å². The van der Waals surface area contributed by atoms with E-state index in [1.54, 1.807) is 18.2 Å². The van der Waals surface area contributed by atoms with Crippen LogP contribution in [0.25, 0.3) is 0 Å². The van der Waals surface area contributed by atoms with Gasteiger partial charge in [-0.3, -0.25) is 0 Å². The number of hydrogen-bond acceptors (Lipinski definition) is 2. The van der Waals surface area contributed by atoms with Crippen molar-refractivity contribution < 1.29 is 13.5 Å². The van der Waals surface area contributed by atoms with Crippen molar-refractivity contribution >= 4 is 0 Å². The first-order chi connectivity index (χ1) is 10.0. The summed E-state index contributed by atoms with van der Waals surface area (Å²) in [6.45, 7) is 3.79. The second kappa shape index (κ2) is 6.68. The lowest BCUT2D eigenvalue weighted by molar-refractivity contribution is 0.169. The Morgan fingerprint density at radius 1 is 1.05 bits per heavy atom. The van der Waals surface area contributed by atoms with Gasteiger partial charge in [0.15, 0.2) is 0 Å². The zero-order valence-corrected chi connectivity index (χ0v) is 12.1. The fraction of sp³-hybridized carbons (Fsp3) is 0.294. The summed E-state index contributed by atoms with van der Waals surface area (Å²) in [7, 11) is 0. The minimum atomic E-state index is -0.448. The molecule has 112 valence electrons. The van der Waals surface area contributed by atoms with E-state index in [1.807, 2.05) is 13.8 Å². The Hall–Kier alpha value is -1.94. The highest BCUT2D eigenvalue weighted by molar-refractivity contribution is 5.34. The number of rotatable bonds is 5. The van der Waals surface area contributed by atoms with Crippen LogP contribution in [-0.4, -0.2) is 6.04 Å². The van der Waals surface area contributed by atoms with E-state index in [0.29, 0.717) is 12.2 Å². The maximum atomic E-state index is 13.4. The van der Waals surface area contributed by atoms with Gasteiger partial charge in [-0.25, -0.2) is 8.78 Å². The van der Waals surface area contributed by atoms with Gasteiger partial charge in [0.05, 0.1) is 0 Å². The van der Waals surface area contributed by atoms with Gasteiger partial charge >= 0.3 is 0 Å². The van der Waals surface area contributed by atoms with E-state index in [4.69, 9.17) is 10.5 Å². The fourth-order valence-electron chi connectivity index (χ4n) is 2.11. The largest absolute Gasteiger partial charge is 0.484 e. The molecule has 0 aliphatic carbocycles. The van der Waals surface area contributed by atoms with Crippen molar-refractivity contribution in [2.75, 3.05) is 0 Å². The molecule has 2 aromatic carbocycles. The molecule has 2 unspecified atom stereocenters. The molecule has 0 aromatic heterocycles. The topological polar surface area (TPSA) is 35.2 Å². The van der Waals surface area contributed by atoms with Crippen LogP contribution in [0.2, 0.25) is 0 Å². The van der Waals surface area contributed by atoms with E-state index in [1.165, 1.54) is 24.3 Å². The summed E-state index contributed by atoms with van der Waals surface area (Å²) < 4.78 is 32.3. The molecule has 2 N–H and O–H groups in total. The van der Waals surface area contributed by atoms with E-state index >= 15 is 0 Å². The lowest BCUT2D eigenvalue weighted by atomic mass is 10.0. The third kappa shape index (κ3) is 3.79. The molecule has 4 heteroatoms. The van der Waals surface area contributed by atoms with Gasteiger partial charge in [0.2, 0.25) is 0 Å². The van der Waals surface area contributed by atoms with Crippen LogP contribution >= 0.6 is 0 Å². The summed E-state index contributed by atoms with van der Waals surface area (Å²) in [5.74, 6) is -0.226. The predicted molar refractivity (Wildman–Crippen MR) is 79.2 cm³/mol. The van der Waals surface area contributed by atoms with Crippen molar-refractivity contribution in [3.05, 3.63) is 65.2 Å². The van der Waals surface area contributed by atoms with Crippen molar-refractivity contribution in [2.45, 2.75) is 32.4 Å². The zero-order valence-electron chi connectivity index (χ0n) is 12.1. The summed E-state index contributed by atoms with van der Waals surface area (Å²) >= 11 is 0.